The number of methoxy groups -OCH3 is 1. The zero-order chi connectivity index (χ0) is 16.4. The molecule has 1 aliphatic heterocycles. The standard InChI is InChI=1S/C15H21NO6/c1-7-4-9(15(20)21-3)10(5-8(7)2)16-14-13(19)12(18)11(6-17)22-14/h4-5,11-14,16-19H,6H2,1-3H3. The highest BCUT2D eigenvalue weighted by molar-refractivity contribution is 5.96. The maximum Gasteiger partial charge on any atom is 0.339 e. The normalized spacial score (nSPS) is 27.7. The van der Waals surface area contributed by atoms with Crippen molar-refractivity contribution in [3.63, 3.8) is 0 Å². The summed E-state index contributed by atoms with van der Waals surface area (Å²) in [6.45, 7) is 3.35. The average molecular weight is 311 g/mol. The number of carbonyl (C=O) groups is 1. The van der Waals surface area contributed by atoms with Crippen LogP contribution < -0.4 is 5.32 Å². The summed E-state index contributed by atoms with van der Waals surface area (Å²) in [5.41, 5.74) is 2.61. The number of rotatable bonds is 4. The first kappa shape index (κ1) is 16.7. The average Bonchev–Trinajstić information content (AvgIpc) is 2.77. The third kappa shape index (κ3) is 3.07. The Bertz CT molecular complexity index is 561. The fraction of sp³-hybridized carbons (Fsp3) is 0.533. The second-order valence-corrected chi connectivity index (χ2v) is 5.38. The Balaban J connectivity index is 2.29. The third-order valence-electron chi connectivity index (χ3n) is 3.88. The van der Waals surface area contributed by atoms with E-state index >= 15 is 0 Å². The molecule has 0 bridgehead atoms. The smallest absolute Gasteiger partial charge is 0.339 e. The van der Waals surface area contributed by atoms with Gasteiger partial charge in [0, 0.05) is 0 Å². The number of carbonyl (C=O) groups excluding carboxylic acids is 1. The minimum atomic E-state index is -1.22. The van der Waals surface area contributed by atoms with Gasteiger partial charge in [-0.25, -0.2) is 4.79 Å². The maximum absolute atomic E-state index is 11.9. The van der Waals surface area contributed by atoms with Crippen LogP contribution in [-0.4, -0.2) is 59.5 Å². The number of anilines is 1. The van der Waals surface area contributed by atoms with Crippen LogP contribution in [0.5, 0.6) is 0 Å². The Kier molecular flexibility index (Phi) is 5.02. The van der Waals surface area contributed by atoms with Crippen LogP contribution >= 0.6 is 0 Å². The Hall–Kier alpha value is -1.67. The van der Waals surface area contributed by atoms with E-state index in [9.17, 15) is 15.0 Å². The molecule has 0 spiro atoms. The molecular weight excluding hydrogens is 290 g/mol. The van der Waals surface area contributed by atoms with E-state index in [4.69, 9.17) is 14.6 Å². The molecule has 0 aliphatic carbocycles. The van der Waals surface area contributed by atoms with E-state index < -0.39 is 37.1 Å². The molecule has 0 radical (unpaired) electrons. The van der Waals surface area contributed by atoms with Crippen molar-refractivity contribution >= 4 is 11.7 Å². The number of hydrogen-bond acceptors (Lipinski definition) is 7. The number of benzene rings is 1. The van der Waals surface area contributed by atoms with Crippen LogP contribution in [0.25, 0.3) is 0 Å². The van der Waals surface area contributed by atoms with Gasteiger partial charge in [0.15, 0.2) is 6.23 Å². The molecule has 4 unspecified atom stereocenters. The molecule has 1 aromatic rings. The van der Waals surface area contributed by atoms with E-state index in [1.807, 2.05) is 13.8 Å². The SMILES string of the molecule is COC(=O)c1cc(C)c(C)cc1NC1OC(CO)C(O)C1O. The fourth-order valence-corrected chi connectivity index (χ4v) is 2.39. The quantitative estimate of drug-likeness (QED) is 0.577. The molecule has 1 saturated heterocycles. The lowest BCUT2D eigenvalue weighted by molar-refractivity contribution is -0.0153. The van der Waals surface area contributed by atoms with Crippen molar-refractivity contribution in [2.75, 3.05) is 19.0 Å². The second kappa shape index (κ2) is 6.62. The molecule has 1 heterocycles. The zero-order valence-electron chi connectivity index (χ0n) is 12.7. The van der Waals surface area contributed by atoms with Crippen molar-refractivity contribution < 1.29 is 29.6 Å². The van der Waals surface area contributed by atoms with Gasteiger partial charge in [-0.15, -0.1) is 0 Å². The van der Waals surface area contributed by atoms with Crippen molar-refractivity contribution in [3.8, 4) is 0 Å². The molecule has 1 aromatic carbocycles. The molecule has 122 valence electrons. The van der Waals surface area contributed by atoms with E-state index in [0.29, 0.717) is 11.3 Å². The summed E-state index contributed by atoms with van der Waals surface area (Å²) < 4.78 is 10.1. The van der Waals surface area contributed by atoms with Crippen LogP contribution in [0.1, 0.15) is 21.5 Å². The van der Waals surface area contributed by atoms with Gasteiger partial charge in [-0.1, -0.05) is 0 Å². The van der Waals surface area contributed by atoms with Gasteiger partial charge in [0.25, 0.3) is 0 Å². The fourth-order valence-electron chi connectivity index (χ4n) is 2.39. The molecule has 4 N–H and O–H groups in total. The number of aliphatic hydroxyl groups is 3. The van der Waals surface area contributed by atoms with Crippen LogP contribution in [0.4, 0.5) is 5.69 Å². The summed E-state index contributed by atoms with van der Waals surface area (Å²) in [5, 5.41) is 31.7. The monoisotopic (exact) mass is 311 g/mol. The first-order valence-electron chi connectivity index (χ1n) is 6.97. The number of aryl methyl sites for hydroxylation is 2. The summed E-state index contributed by atoms with van der Waals surface area (Å²) in [4.78, 5) is 11.9. The zero-order valence-corrected chi connectivity index (χ0v) is 12.7. The molecule has 1 fully saturated rings. The van der Waals surface area contributed by atoms with E-state index in [1.54, 1.807) is 12.1 Å². The van der Waals surface area contributed by atoms with E-state index in [0.717, 1.165) is 11.1 Å². The van der Waals surface area contributed by atoms with Gasteiger partial charge in [-0.2, -0.15) is 0 Å². The predicted octanol–water partition coefficient (Wildman–Crippen LogP) is -0.0591. The summed E-state index contributed by atoms with van der Waals surface area (Å²) in [5.74, 6) is -0.516. The molecule has 0 amide bonds. The second-order valence-electron chi connectivity index (χ2n) is 5.38. The third-order valence-corrected chi connectivity index (χ3v) is 3.88. The van der Waals surface area contributed by atoms with Crippen LogP contribution in [-0.2, 0) is 9.47 Å². The molecule has 0 saturated carbocycles. The molecule has 2 rings (SSSR count). The van der Waals surface area contributed by atoms with E-state index in [1.165, 1.54) is 7.11 Å². The van der Waals surface area contributed by atoms with Crippen molar-refractivity contribution in [2.45, 2.75) is 38.4 Å². The number of nitrogens with one attached hydrogen (secondary N) is 1. The topological polar surface area (TPSA) is 108 Å². The van der Waals surface area contributed by atoms with Crippen LogP contribution in [0.15, 0.2) is 12.1 Å². The van der Waals surface area contributed by atoms with Gasteiger partial charge in [-0.3, -0.25) is 0 Å². The summed E-state index contributed by atoms with van der Waals surface area (Å²) in [7, 11) is 1.29. The van der Waals surface area contributed by atoms with Crippen molar-refractivity contribution in [2.24, 2.45) is 0 Å². The number of hydrogen-bond donors (Lipinski definition) is 4. The number of esters is 1. The highest BCUT2D eigenvalue weighted by atomic mass is 16.6. The molecule has 7 heteroatoms. The first-order chi connectivity index (χ1) is 10.4. The van der Waals surface area contributed by atoms with E-state index in [2.05, 4.69) is 5.32 Å². The molecule has 22 heavy (non-hydrogen) atoms. The number of ether oxygens (including phenoxy) is 2. The van der Waals surface area contributed by atoms with Crippen LogP contribution in [0, 0.1) is 13.8 Å². The van der Waals surface area contributed by atoms with Gasteiger partial charge in [0.2, 0.25) is 0 Å². The van der Waals surface area contributed by atoms with Crippen molar-refractivity contribution in [1.29, 1.82) is 0 Å². The van der Waals surface area contributed by atoms with Crippen molar-refractivity contribution in [1.82, 2.24) is 0 Å². The Labute approximate surface area is 128 Å². The maximum atomic E-state index is 11.9. The van der Waals surface area contributed by atoms with Crippen LogP contribution in [0.2, 0.25) is 0 Å². The van der Waals surface area contributed by atoms with Gasteiger partial charge in [0.1, 0.15) is 18.3 Å². The van der Waals surface area contributed by atoms with Gasteiger partial charge >= 0.3 is 5.97 Å². The highest BCUT2D eigenvalue weighted by Gasteiger charge is 2.42. The number of aliphatic hydroxyl groups excluding tert-OH is 3. The molecular formula is C15H21NO6. The first-order valence-corrected chi connectivity index (χ1v) is 6.97. The Morgan fingerprint density at radius 3 is 2.45 bits per heavy atom. The molecule has 4 atom stereocenters. The van der Waals surface area contributed by atoms with Gasteiger partial charge in [0.05, 0.1) is 25.0 Å². The Morgan fingerprint density at radius 1 is 1.27 bits per heavy atom. The summed E-state index contributed by atoms with van der Waals surface area (Å²) in [6.07, 6.45) is -4.22. The largest absolute Gasteiger partial charge is 0.465 e. The lowest BCUT2D eigenvalue weighted by Crippen LogP contribution is -2.36. The van der Waals surface area contributed by atoms with Crippen LogP contribution in [0.3, 0.4) is 0 Å². The summed E-state index contributed by atoms with van der Waals surface area (Å²) >= 11 is 0. The lowest BCUT2D eigenvalue weighted by Gasteiger charge is -2.20. The summed E-state index contributed by atoms with van der Waals surface area (Å²) in [6, 6.07) is 3.43. The van der Waals surface area contributed by atoms with E-state index in [-0.39, 0.29) is 0 Å². The highest BCUT2D eigenvalue weighted by Crippen LogP contribution is 2.27. The molecule has 7 nitrogen and oxygen atoms in total. The predicted molar refractivity (Wildman–Crippen MR) is 78.6 cm³/mol. The van der Waals surface area contributed by atoms with Gasteiger partial charge in [-0.05, 0) is 37.1 Å². The lowest BCUT2D eigenvalue weighted by atomic mass is 10.0. The molecule has 1 aliphatic rings. The minimum Gasteiger partial charge on any atom is -0.465 e. The molecule has 0 aromatic heterocycles. The van der Waals surface area contributed by atoms with Crippen molar-refractivity contribution in [3.05, 3.63) is 28.8 Å². The Morgan fingerprint density at radius 2 is 1.91 bits per heavy atom. The van der Waals surface area contributed by atoms with Gasteiger partial charge < -0.3 is 30.1 Å². The minimum absolute atomic E-state index is 0.309.